The van der Waals surface area contributed by atoms with E-state index in [1.807, 2.05) is 24.3 Å². The van der Waals surface area contributed by atoms with Crippen molar-refractivity contribution in [2.45, 2.75) is 45.1 Å². The van der Waals surface area contributed by atoms with Crippen molar-refractivity contribution in [3.63, 3.8) is 0 Å². The molecule has 104 valence electrons. The molecule has 1 saturated carbocycles. The first kappa shape index (κ1) is 14.1. The molecule has 1 aromatic rings. The van der Waals surface area contributed by atoms with E-state index in [2.05, 4.69) is 12.2 Å². The molecule has 1 atom stereocenters. The molecule has 0 aliphatic heterocycles. The smallest absolute Gasteiger partial charge is 0.251 e. The number of rotatable bonds is 5. The van der Waals surface area contributed by atoms with Crippen LogP contribution >= 0.6 is 0 Å². The highest BCUT2D eigenvalue weighted by Gasteiger charge is 2.23. The molecule has 1 aliphatic rings. The van der Waals surface area contributed by atoms with Gasteiger partial charge in [-0.05, 0) is 50.3 Å². The summed E-state index contributed by atoms with van der Waals surface area (Å²) in [7, 11) is 0. The zero-order valence-corrected chi connectivity index (χ0v) is 11.7. The van der Waals surface area contributed by atoms with E-state index < -0.39 is 0 Å². The zero-order chi connectivity index (χ0) is 13.7. The van der Waals surface area contributed by atoms with Gasteiger partial charge >= 0.3 is 0 Å². The van der Waals surface area contributed by atoms with Gasteiger partial charge in [0.25, 0.3) is 5.91 Å². The number of carbonyl (C=O) groups is 1. The Morgan fingerprint density at radius 1 is 1.37 bits per heavy atom. The van der Waals surface area contributed by atoms with Crippen LogP contribution in [0.3, 0.4) is 0 Å². The van der Waals surface area contributed by atoms with E-state index in [-0.39, 0.29) is 11.9 Å². The van der Waals surface area contributed by atoms with Gasteiger partial charge in [-0.1, -0.05) is 31.0 Å². The van der Waals surface area contributed by atoms with E-state index in [4.69, 9.17) is 5.73 Å². The van der Waals surface area contributed by atoms with E-state index in [0.29, 0.717) is 12.5 Å². The van der Waals surface area contributed by atoms with Crippen LogP contribution in [0.1, 0.15) is 48.5 Å². The van der Waals surface area contributed by atoms with Crippen molar-refractivity contribution in [1.82, 2.24) is 5.32 Å². The number of amides is 1. The highest BCUT2D eigenvalue weighted by molar-refractivity contribution is 5.95. The van der Waals surface area contributed by atoms with Gasteiger partial charge in [-0.2, -0.15) is 0 Å². The van der Waals surface area contributed by atoms with E-state index in [0.717, 1.165) is 17.5 Å². The fourth-order valence-corrected chi connectivity index (χ4v) is 2.98. The lowest BCUT2D eigenvalue weighted by Gasteiger charge is -2.21. The fourth-order valence-electron chi connectivity index (χ4n) is 2.98. The Hall–Kier alpha value is -1.35. The summed E-state index contributed by atoms with van der Waals surface area (Å²) in [6.07, 6.45) is 5.84. The Balaban J connectivity index is 2.02. The molecule has 3 N–H and O–H groups in total. The number of hydrogen-bond donors (Lipinski definition) is 2. The Kier molecular flexibility index (Phi) is 4.97. The third kappa shape index (κ3) is 3.57. The Morgan fingerprint density at radius 2 is 2.05 bits per heavy atom. The third-order valence-electron chi connectivity index (χ3n) is 4.14. The molecule has 0 aromatic heterocycles. The third-order valence-corrected chi connectivity index (χ3v) is 4.14. The van der Waals surface area contributed by atoms with Gasteiger partial charge in [0.2, 0.25) is 0 Å². The minimum absolute atomic E-state index is 0.0449. The van der Waals surface area contributed by atoms with Gasteiger partial charge in [0.15, 0.2) is 0 Å². The normalized spacial score (nSPS) is 17.4. The molecular formula is C16H24N2O. The molecule has 19 heavy (non-hydrogen) atoms. The van der Waals surface area contributed by atoms with Crippen molar-refractivity contribution in [1.29, 1.82) is 0 Å². The van der Waals surface area contributed by atoms with Crippen LogP contribution in [-0.2, 0) is 6.42 Å². The number of benzene rings is 1. The summed E-state index contributed by atoms with van der Waals surface area (Å²) in [4.78, 5) is 12.4. The molecule has 3 nitrogen and oxygen atoms in total. The van der Waals surface area contributed by atoms with Gasteiger partial charge in [-0.3, -0.25) is 4.79 Å². The maximum Gasteiger partial charge on any atom is 0.251 e. The van der Waals surface area contributed by atoms with Gasteiger partial charge < -0.3 is 11.1 Å². The summed E-state index contributed by atoms with van der Waals surface area (Å²) in [6.45, 7) is 2.70. The highest BCUT2D eigenvalue weighted by Crippen LogP contribution is 2.27. The van der Waals surface area contributed by atoms with Gasteiger partial charge in [0.05, 0.1) is 0 Å². The standard InChI is InChI=1S/C16H24N2O/c1-12(13-6-2-3-7-13)18-16(19)15-9-5-4-8-14(15)10-11-17/h4-5,8-9,12-13H,2-3,6-7,10-11,17H2,1H3,(H,18,19)/t12-/m1/s1. The van der Waals surface area contributed by atoms with Crippen LogP contribution in [0.4, 0.5) is 0 Å². The highest BCUT2D eigenvalue weighted by atomic mass is 16.1. The van der Waals surface area contributed by atoms with Crippen LogP contribution in [-0.4, -0.2) is 18.5 Å². The average Bonchev–Trinajstić information content (AvgIpc) is 2.93. The predicted octanol–water partition coefficient (Wildman–Crippen LogP) is 2.50. The summed E-state index contributed by atoms with van der Waals surface area (Å²) >= 11 is 0. The Bertz CT molecular complexity index is 425. The minimum atomic E-state index is 0.0449. The summed E-state index contributed by atoms with van der Waals surface area (Å²) in [5.41, 5.74) is 7.42. The summed E-state index contributed by atoms with van der Waals surface area (Å²) < 4.78 is 0. The largest absolute Gasteiger partial charge is 0.349 e. The van der Waals surface area contributed by atoms with Crippen molar-refractivity contribution >= 4 is 5.91 Å². The lowest BCUT2D eigenvalue weighted by molar-refractivity contribution is 0.0926. The molecule has 0 bridgehead atoms. The Morgan fingerprint density at radius 3 is 2.74 bits per heavy atom. The molecule has 0 saturated heterocycles. The van der Waals surface area contributed by atoms with Crippen molar-refractivity contribution in [2.75, 3.05) is 6.54 Å². The van der Waals surface area contributed by atoms with E-state index in [1.54, 1.807) is 0 Å². The van der Waals surface area contributed by atoms with Crippen molar-refractivity contribution in [3.05, 3.63) is 35.4 Å². The molecule has 0 radical (unpaired) electrons. The maximum atomic E-state index is 12.4. The molecule has 1 aromatic carbocycles. The second-order valence-corrected chi connectivity index (χ2v) is 5.50. The molecule has 3 heteroatoms. The quantitative estimate of drug-likeness (QED) is 0.854. The van der Waals surface area contributed by atoms with E-state index in [1.165, 1.54) is 25.7 Å². The summed E-state index contributed by atoms with van der Waals surface area (Å²) in [5.74, 6) is 0.689. The van der Waals surface area contributed by atoms with Crippen LogP contribution in [0.15, 0.2) is 24.3 Å². The number of nitrogens with one attached hydrogen (secondary N) is 1. The van der Waals surface area contributed by atoms with Crippen LogP contribution in [0.25, 0.3) is 0 Å². The molecule has 0 heterocycles. The zero-order valence-electron chi connectivity index (χ0n) is 11.7. The fraction of sp³-hybridized carbons (Fsp3) is 0.562. The maximum absolute atomic E-state index is 12.4. The minimum Gasteiger partial charge on any atom is -0.349 e. The Labute approximate surface area is 115 Å². The van der Waals surface area contributed by atoms with Crippen molar-refractivity contribution < 1.29 is 4.79 Å². The summed E-state index contributed by atoms with van der Waals surface area (Å²) in [6, 6.07) is 8.02. The van der Waals surface area contributed by atoms with Crippen molar-refractivity contribution in [2.24, 2.45) is 11.7 Å². The average molecular weight is 260 g/mol. The molecule has 1 aliphatic carbocycles. The first-order valence-corrected chi connectivity index (χ1v) is 7.31. The monoisotopic (exact) mass is 260 g/mol. The summed E-state index contributed by atoms with van der Waals surface area (Å²) in [5, 5.41) is 3.16. The predicted molar refractivity (Wildman–Crippen MR) is 78.1 cm³/mol. The first-order chi connectivity index (χ1) is 9.22. The van der Waals surface area contributed by atoms with Crippen LogP contribution in [0.2, 0.25) is 0 Å². The molecule has 2 rings (SSSR count). The second-order valence-electron chi connectivity index (χ2n) is 5.50. The number of carbonyl (C=O) groups excluding carboxylic acids is 1. The second kappa shape index (κ2) is 6.71. The lowest BCUT2D eigenvalue weighted by atomic mass is 9.98. The van der Waals surface area contributed by atoms with E-state index in [9.17, 15) is 4.79 Å². The molecule has 0 spiro atoms. The first-order valence-electron chi connectivity index (χ1n) is 7.31. The van der Waals surface area contributed by atoms with Crippen LogP contribution in [0.5, 0.6) is 0 Å². The van der Waals surface area contributed by atoms with Gasteiger partial charge in [-0.25, -0.2) is 0 Å². The molecule has 1 fully saturated rings. The van der Waals surface area contributed by atoms with Crippen LogP contribution in [0, 0.1) is 5.92 Å². The van der Waals surface area contributed by atoms with Crippen molar-refractivity contribution in [3.8, 4) is 0 Å². The topological polar surface area (TPSA) is 55.1 Å². The van der Waals surface area contributed by atoms with Gasteiger partial charge in [0.1, 0.15) is 0 Å². The lowest BCUT2D eigenvalue weighted by Crippen LogP contribution is -2.37. The van der Waals surface area contributed by atoms with Gasteiger partial charge in [-0.15, -0.1) is 0 Å². The van der Waals surface area contributed by atoms with E-state index >= 15 is 0 Å². The molecule has 0 unspecified atom stereocenters. The molecular weight excluding hydrogens is 236 g/mol. The SMILES string of the molecule is C[C@@H](NC(=O)c1ccccc1CCN)C1CCCC1. The number of nitrogens with two attached hydrogens (primary N) is 1. The molecule has 1 amide bonds. The number of hydrogen-bond acceptors (Lipinski definition) is 2. The van der Waals surface area contributed by atoms with Gasteiger partial charge in [0, 0.05) is 11.6 Å². The van der Waals surface area contributed by atoms with Crippen LogP contribution < -0.4 is 11.1 Å².